The van der Waals surface area contributed by atoms with Gasteiger partial charge in [0.2, 0.25) is 5.91 Å². The lowest BCUT2D eigenvalue weighted by molar-refractivity contribution is -0.131. The molecule has 2 rings (SSSR count). The fraction of sp³-hybridized carbons (Fsp3) is 0.417. The number of thioether (sulfide) groups is 1. The fourth-order valence-corrected chi connectivity index (χ4v) is 2.96. The lowest BCUT2D eigenvalue weighted by Gasteiger charge is -2.20. The molecule has 6 heteroatoms. The van der Waals surface area contributed by atoms with Gasteiger partial charge in [0.1, 0.15) is 0 Å². The Balaban J connectivity index is 0.00000162. The van der Waals surface area contributed by atoms with Crippen molar-refractivity contribution in [3.63, 3.8) is 0 Å². The van der Waals surface area contributed by atoms with Crippen molar-refractivity contribution in [2.45, 2.75) is 12.6 Å². The van der Waals surface area contributed by atoms with Crippen LogP contribution in [-0.4, -0.2) is 35.5 Å². The summed E-state index contributed by atoms with van der Waals surface area (Å²) in [5, 5.41) is 3.20. The molecule has 1 aromatic rings. The highest BCUT2D eigenvalue weighted by atomic mass is 79.9. The quantitative estimate of drug-likeness (QED) is 0.908. The maximum absolute atomic E-state index is 12.1. The second-order valence-electron chi connectivity index (χ2n) is 4.09. The number of hydrogen-bond donors (Lipinski definition) is 1. The molecule has 0 aliphatic carbocycles. The first-order chi connectivity index (χ1) is 8.16. The van der Waals surface area contributed by atoms with E-state index < -0.39 is 0 Å². The average Bonchev–Trinajstić information content (AvgIpc) is 2.84. The molecule has 1 unspecified atom stereocenters. The van der Waals surface area contributed by atoms with E-state index in [4.69, 9.17) is 0 Å². The summed E-state index contributed by atoms with van der Waals surface area (Å²) >= 11 is 5.17. The van der Waals surface area contributed by atoms with Crippen LogP contribution in [0.5, 0.6) is 0 Å². The minimum absolute atomic E-state index is 0. The maximum Gasteiger partial charge on any atom is 0.240 e. The van der Waals surface area contributed by atoms with Crippen molar-refractivity contribution in [3.8, 4) is 0 Å². The Labute approximate surface area is 126 Å². The molecule has 18 heavy (non-hydrogen) atoms. The number of carbonyl (C=O) groups is 1. The van der Waals surface area contributed by atoms with Crippen LogP contribution in [0.1, 0.15) is 5.56 Å². The largest absolute Gasteiger partial charge is 0.340 e. The number of nitrogens with zero attached hydrogens (tertiary/aromatic N) is 1. The summed E-state index contributed by atoms with van der Waals surface area (Å²) in [5.74, 6) is 1.93. The van der Waals surface area contributed by atoms with Crippen molar-refractivity contribution in [1.82, 2.24) is 10.2 Å². The summed E-state index contributed by atoms with van der Waals surface area (Å²) in [6, 6.07) is 8.05. The average molecular weight is 352 g/mol. The Kier molecular flexibility index (Phi) is 6.49. The highest BCUT2D eigenvalue weighted by molar-refractivity contribution is 9.10. The Hall–Kier alpha value is -0.230. The second-order valence-corrected chi connectivity index (χ2v) is 6.04. The third-order valence-electron chi connectivity index (χ3n) is 2.72. The van der Waals surface area contributed by atoms with Crippen LogP contribution in [0.4, 0.5) is 0 Å². The monoisotopic (exact) mass is 350 g/mol. The molecule has 1 aliphatic rings. The molecule has 0 saturated carbocycles. The van der Waals surface area contributed by atoms with Gasteiger partial charge in [-0.15, -0.1) is 24.2 Å². The Morgan fingerprint density at radius 3 is 2.72 bits per heavy atom. The van der Waals surface area contributed by atoms with Gasteiger partial charge in [-0.1, -0.05) is 28.1 Å². The van der Waals surface area contributed by atoms with Gasteiger partial charge in [-0.25, -0.2) is 0 Å². The summed E-state index contributed by atoms with van der Waals surface area (Å²) in [6.45, 7) is 0.662. The summed E-state index contributed by atoms with van der Waals surface area (Å²) in [4.78, 5) is 13.8. The van der Waals surface area contributed by atoms with E-state index in [1.54, 1.807) is 16.7 Å². The summed E-state index contributed by atoms with van der Waals surface area (Å²) in [5.41, 5.74) is 1.15. The number of rotatable bonds is 3. The van der Waals surface area contributed by atoms with Gasteiger partial charge in [-0.3, -0.25) is 10.1 Å². The van der Waals surface area contributed by atoms with E-state index in [1.165, 1.54) is 0 Å². The number of carbonyl (C=O) groups excluding carboxylic acids is 1. The van der Waals surface area contributed by atoms with Crippen LogP contribution in [0.25, 0.3) is 0 Å². The molecule has 1 saturated heterocycles. The smallest absolute Gasteiger partial charge is 0.240 e. The van der Waals surface area contributed by atoms with E-state index in [2.05, 4.69) is 21.2 Å². The molecule has 100 valence electrons. The maximum atomic E-state index is 12.1. The lowest BCUT2D eigenvalue weighted by Crippen LogP contribution is -2.42. The van der Waals surface area contributed by atoms with Crippen molar-refractivity contribution in [3.05, 3.63) is 34.3 Å². The third kappa shape index (κ3) is 4.16. The molecule has 1 N–H and O–H groups in total. The van der Waals surface area contributed by atoms with Gasteiger partial charge < -0.3 is 4.90 Å². The molecule has 1 amide bonds. The number of hydrogen-bond acceptors (Lipinski definition) is 3. The van der Waals surface area contributed by atoms with Crippen molar-refractivity contribution >= 4 is 46.0 Å². The van der Waals surface area contributed by atoms with Crippen LogP contribution >= 0.6 is 40.1 Å². The van der Waals surface area contributed by atoms with Gasteiger partial charge in [0.15, 0.2) is 0 Å². The standard InChI is InChI=1S/C12H15BrN2OS.ClH/c1-15(12(16)11-7-17-8-14-11)6-9-2-4-10(13)5-3-9;/h2-5,11,14H,6-8H2,1H3;1H. The molecule has 1 aromatic carbocycles. The molecule has 0 bridgehead atoms. The van der Waals surface area contributed by atoms with Gasteiger partial charge >= 0.3 is 0 Å². The van der Waals surface area contributed by atoms with Crippen molar-refractivity contribution < 1.29 is 4.79 Å². The van der Waals surface area contributed by atoms with E-state index in [0.29, 0.717) is 6.54 Å². The van der Waals surface area contributed by atoms with Crippen LogP contribution in [0.2, 0.25) is 0 Å². The molecule has 0 spiro atoms. The summed E-state index contributed by atoms with van der Waals surface area (Å²) < 4.78 is 1.06. The van der Waals surface area contributed by atoms with Crippen molar-refractivity contribution in [2.75, 3.05) is 18.7 Å². The van der Waals surface area contributed by atoms with Crippen LogP contribution in [0.15, 0.2) is 28.7 Å². The predicted molar refractivity (Wildman–Crippen MR) is 82.1 cm³/mol. The van der Waals surface area contributed by atoms with Crippen LogP contribution in [0, 0.1) is 0 Å². The van der Waals surface area contributed by atoms with Crippen molar-refractivity contribution in [2.24, 2.45) is 0 Å². The number of nitrogens with one attached hydrogen (secondary N) is 1. The zero-order valence-electron chi connectivity index (χ0n) is 10.1. The van der Waals surface area contributed by atoms with Gasteiger partial charge in [0, 0.05) is 29.7 Å². The van der Waals surface area contributed by atoms with Gasteiger partial charge in [0.25, 0.3) is 0 Å². The van der Waals surface area contributed by atoms with E-state index >= 15 is 0 Å². The normalized spacial score (nSPS) is 18.2. The lowest BCUT2D eigenvalue weighted by atomic mass is 10.2. The van der Waals surface area contributed by atoms with E-state index in [9.17, 15) is 4.79 Å². The summed E-state index contributed by atoms with van der Waals surface area (Å²) in [7, 11) is 1.86. The topological polar surface area (TPSA) is 32.3 Å². The van der Waals surface area contributed by atoms with Crippen LogP contribution < -0.4 is 5.32 Å². The highest BCUT2D eigenvalue weighted by Crippen LogP contribution is 2.14. The van der Waals surface area contributed by atoms with Gasteiger partial charge in [-0.2, -0.15) is 0 Å². The zero-order chi connectivity index (χ0) is 12.3. The molecule has 3 nitrogen and oxygen atoms in total. The molecule has 1 aliphatic heterocycles. The molecule has 1 heterocycles. The second kappa shape index (κ2) is 7.38. The van der Waals surface area contributed by atoms with E-state index in [-0.39, 0.29) is 24.4 Å². The summed E-state index contributed by atoms with van der Waals surface area (Å²) in [6.07, 6.45) is 0. The Morgan fingerprint density at radius 1 is 1.50 bits per heavy atom. The van der Waals surface area contributed by atoms with E-state index in [1.807, 2.05) is 31.3 Å². The Bertz CT molecular complexity index is 396. The molecule has 1 atom stereocenters. The van der Waals surface area contributed by atoms with Gasteiger partial charge in [-0.05, 0) is 17.7 Å². The molecular weight excluding hydrogens is 336 g/mol. The number of halogens is 2. The first-order valence-electron chi connectivity index (χ1n) is 5.47. The van der Waals surface area contributed by atoms with Gasteiger partial charge in [0.05, 0.1) is 6.04 Å². The third-order valence-corrected chi connectivity index (χ3v) is 4.19. The van der Waals surface area contributed by atoms with Crippen molar-refractivity contribution in [1.29, 1.82) is 0 Å². The van der Waals surface area contributed by atoms with E-state index in [0.717, 1.165) is 21.7 Å². The molecular formula is C12H16BrClN2OS. The minimum atomic E-state index is -0.0135. The zero-order valence-corrected chi connectivity index (χ0v) is 13.3. The minimum Gasteiger partial charge on any atom is -0.340 e. The van der Waals surface area contributed by atoms with Crippen LogP contribution in [0.3, 0.4) is 0 Å². The van der Waals surface area contributed by atoms with Crippen LogP contribution in [-0.2, 0) is 11.3 Å². The highest BCUT2D eigenvalue weighted by Gasteiger charge is 2.25. The molecule has 0 aromatic heterocycles. The Morgan fingerprint density at radius 2 is 2.17 bits per heavy atom. The first kappa shape index (κ1) is 15.8. The number of amides is 1. The fourth-order valence-electron chi connectivity index (χ4n) is 1.76. The SMILES string of the molecule is CN(Cc1ccc(Br)cc1)C(=O)C1CSCN1.Cl. The first-order valence-corrected chi connectivity index (χ1v) is 7.42. The molecule has 1 fully saturated rings. The predicted octanol–water partition coefficient (Wildman–Crippen LogP) is 2.49. The number of benzene rings is 1. The number of likely N-dealkylation sites (N-methyl/N-ethyl adjacent to an activating group) is 1. The molecule has 0 radical (unpaired) electrons.